The Morgan fingerprint density at radius 3 is 2.12 bits per heavy atom. The maximum absolute atomic E-state index is 12.9. The second kappa shape index (κ2) is 5.89. The Labute approximate surface area is 140 Å². The number of ether oxygens (including phenoxy) is 1. The van der Waals surface area contributed by atoms with Crippen LogP contribution in [0.2, 0.25) is 0 Å². The van der Waals surface area contributed by atoms with E-state index in [2.05, 4.69) is 12.1 Å². The van der Waals surface area contributed by atoms with E-state index in [1.54, 1.807) is 7.11 Å². The number of carbonyl (C=O) groups excluding carboxylic acids is 1. The number of rotatable bonds is 4. The van der Waals surface area contributed by atoms with E-state index < -0.39 is 0 Å². The largest absolute Gasteiger partial charge is 0.497 e. The molecule has 2 atom stereocenters. The lowest BCUT2D eigenvalue weighted by molar-refractivity contribution is -0.129. The SMILES string of the molecule is COc1ccc(N2C(=O)C(n3cccc3)C2c2ccccc2)cc1. The molecule has 120 valence electrons. The Kier molecular flexibility index (Phi) is 3.58. The zero-order chi connectivity index (χ0) is 16.5. The van der Waals surface area contributed by atoms with Gasteiger partial charge in [0.1, 0.15) is 11.8 Å². The molecule has 0 N–H and O–H groups in total. The molecule has 0 bridgehead atoms. The molecule has 1 saturated heterocycles. The number of nitrogens with zero attached hydrogens (tertiary/aromatic N) is 2. The van der Waals surface area contributed by atoms with E-state index >= 15 is 0 Å². The minimum atomic E-state index is -0.204. The van der Waals surface area contributed by atoms with Gasteiger partial charge >= 0.3 is 0 Å². The minimum Gasteiger partial charge on any atom is -0.497 e. The summed E-state index contributed by atoms with van der Waals surface area (Å²) in [5, 5.41) is 0. The van der Waals surface area contributed by atoms with Crippen molar-refractivity contribution < 1.29 is 9.53 Å². The molecule has 2 aromatic carbocycles. The third-order valence-electron chi connectivity index (χ3n) is 4.51. The highest BCUT2D eigenvalue weighted by molar-refractivity contribution is 6.04. The van der Waals surface area contributed by atoms with Crippen molar-refractivity contribution in [2.45, 2.75) is 12.1 Å². The first kappa shape index (κ1) is 14.6. The fourth-order valence-corrected chi connectivity index (χ4v) is 3.31. The molecule has 2 unspecified atom stereocenters. The van der Waals surface area contributed by atoms with Gasteiger partial charge in [-0.15, -0.1) is 0 Å². The predicted molar refractivity (Wildman–Crippen MR) is 93.1 cm³/mol. The van der Waals surface area contributed by atoms with Gasteiger partial charge in [-0.2, -0.15) is 0 Å². The van der Waals surface area contributed by atoms with Crippen molar-refractivity contribution in [1.82, 2.24) is 4.57 Å². The van der Waals surface area contributed by atoms with Crippen molar-refractivity contribution in [3.05, 3.63) is 84.7 Å². The van der Waals surface area contributed by atoms with Crippen LogP contribution in [0.15, 0.2) is 79.1 Å². The summed E-state index contributed by atoms with van der Waals surface area (Å²) in [6.07, 6.45) is 3.90. The van der Waals surface area contributed by atoms with Gasteiger partial charge in [-0.3, -0.25) is 4.79 Å². The average molecular weight is 318 g/mol. The lowest BCUT2D eigenvalue weighted by Gasteiger charge is -2.48. The van der Waals surface area contributed by atoms with Crippen LogP contribution < -0.4 is 9.64 Å². The molecule has 0 saturated carbocycles. The molecule has 1 aliphatic rings. The van der Waals surface area contributed by atoms with E-state index in [9.17, 15) is 4.79 Å². The highest BCUT2D eigenvalue weighted by Gasteiger charge is 2.49. The van der Waals surface area contributed by atoms with E-state index in [1.807, 2.05) is 76.5 Å². The second-order valence-corrected chi connectivity index (χ2v) is 5.84. The summed E-state index contributed by atoms with van der Waals surface area (Å²) in [6, 6.07) is 21.5. The Morgan fingerprint density at radius 1 is 0.833 bits per heavy atom. The zero-order valence-corrected chi connectivity index (χ0v) is 13.4. The van der Waals surface area contributed by atoms with E-state index in [0.29, 0.717) is 0 Å². The van der Waals surface area contributed by atoms with E-state index in [4.69, 9.17) is 4.74 Å². The van der Waals surface area contributed by atoms with Crippen molar-refractivity contribution in [3.8, 4) is 5.75 Å². The molecule has 1 aromatic heterocycles. The average Bonchev–Trinajstić information content (AvgIpc) is 3.15. The molecule has 3 aromatic rings. The van der Waals surface area contributed by atoms with Crippen LogP contribution in [0.4, 0.5) is 5.69 Å². The molecule has 24 heavy (non-hydrogen) atoms. The second-order valence-electron chi connectivity index (χ2n) is 5.84. The van der Waals surface area contributed by atoms with E-state index in [1.165, 1.54) is 0 Å². The van der Waals surface area contributed by atoms with E-state index in [0.717, 1.165) is 17.0 Å². The molecule has 4 rings (SSSR count). The fourth-order valence-electron chi connectivity index (χ4n) is 3.31. The van der Waals surface area contributed by atoms with Crippen LogP contribution in [0, 0.1) is 0 Å². The first-order valence-corrected chi connectivity index (χ1v) is 7.94. The Bertz CT molecular complexity index is 826. The summed E-state index contributed by atoms with van der Waals surface area (Å²) in [4.78, 5) is 14.7. The highest BCUT2D eigenvalue weighted by Crippen LogP contribution is 2.46. The van der Waals surface area contributed by atoms with Crippen molar-refractivity contribution in [1.29, 1.82) is 0 Å². The molecule has 0 radical (unpaired) electrons. The zero-order valence-electron chi connectivity index (χ0n) is 13.4. The summed E-state index contributed by atoms with van der Waals surface area (Å²) in [5.41, 5.74) is 2.02. The fraction of sp³-hybridized carbons (Fsp3) is 0.150. The normalized spacial score (nSPS) is 19.9. The molecule has 4 heteroatoms. The molecule has 4 nitrogen and oxygen atoms in total. The topological polar surface area (TPSA) is 34.5 Å². The third kappa shape index (κ3) is 2.27. The number of carbonyl (C=O) groups is 1. The molecule has 1 fully saturated rings. The Balaban J connectivity index is 1.74. The van der Waals surface area contributed by atoms with Gasteiger partial charge in [0, 0.05) is 18.1 Å². The van der Waals surface area contributed by atoms with Gasteiger partial charge in [0.15, 0.2) is 0 Å². The molecule has 2 heterocycles. The Hall–Kier alpha value is -3.01. The number of hydrogen-bond acceptors (Lipinski definition) is 2. The molecule has 1 aliphatic heterocycles. The van der Waals surface area contributed by atoms with Crippen molar-refractivity contribution in [2.24, 2.45) is 0 Å². The van der Waals surface area contributed by atoms with Crippen molar-refractivity contribution in [2.75, 3.05) is 12.0 Å². The lowest BCUT2D eigenvalue weighted by atomic mass is 9.87. The van der Waals surface area contributed by atoms with Crippen LogP contribution in [0.5, 0.6) is 5.75 Å². The first-order chi connectivity index (χ1) is 11.8. The quantitative estimate of drug-likeness (QED) is 0.685. The summed E-state index contributed by atoms with van der Waals surface area (Å²) < 4.78 is 7.20. The smallest absolute Gasteiger partial charge is 0.253 e. The van der Waals surface area contributed by atoms with Crippen LogP contribution >= 0.6 is 0 Å². The van der Waals surface area contributed by atoms with Crippen LogP contribution in [0.1, 0.15) is 17.6 Å². The first-order valence-electron chi connectivity index (χ1n) is 7.94. The number of amides is 1. The number of hydrogen-bond donors (Lipinski definition) is 0. The molecular formula is C20H18N2O2. The third-order valence-corrected chi connectivity index (χ3v) is 4.51. The monoisotopic (exact) mass is 318 g/mol. The molecule has 1 amide bonds. The minimum absolute atomic E-state index is 0.0144. The van der Waals surface area contributed by atoms with E-state index in [-0.39, 0.29) is 18.0 Å². The summed E-state index contributed by atoms with van der Waals surface area (Å²) in [7, 11) is 1.64. The maximum Gasteiger partial charge on any atom is 0.253 e. The number of anilines is 1. The molecule has 0 aliphatic carbocycles. The lowest BCUT2D eigenvalue weighted by Crippen LogP contribution is -2.55. The number of aromatic nitrogens is 1. The summed E-state index contributed by atoms with van der Waals surface area (Å²) in [6.45, 7) is 0. The van der Waals surface area contributed by atoms with Gasteiger partial charge < -0.3 is 14.2 Å². The van der Waals surface area contributed by atoms with Crippen molar-refractivity contribution >= 4 is 11.6 Å². The van der Waals surface area contributed by atoms with Gasteiger partial charge in [0.05, 0.1) is 13.2 Å². The number of β-lactam (4-membered cyclic amide) rings is 1. The molecular weight excluding hydrogens is 300 g/mol. The standard InChI is InChI=1S/C20H18N2O2/c1-24-17-11-9-16(10-12-17)22-18(15-7-3-2-4-8-15)19(20(22)23)21-13-5-6-14-21/h2-14,18-19H,1H3. The van der Waals surface area contributed by atoms with Gasteiger partial charge in [0.2, 0.25) is 0 Å². The number of methoxy groups -OCH3 is 1. The summed E-state index contributed by atoms with van der Waals surface area (Å²) >= 11 is 0. The van der Waals surface area contributed by atoms with Gasteiger partial charge in [0.25, 0.3) is 5.91 Å². The summed E-state index contributed by atoms with van der Waals surface area (Å²) in [5.74, 6) is 0.884. The van der Waals surface area contributed by atoms with Crippen LogP contribution in [0.3, 0.4) is 0 Å². The molecule has 0 spiro atoms. The highest BCUT2D eigenvalue weighted by atomic mass is 16.5. The Morgan fingerprint density at radius 2 is 1.50 bits per heavy atom. The van der Waals surface area contributed by atoms with Crippen LogP contribution in [-0.2, 0) is 4.79 Å². The number of benzene rings is 2. The van der Waals surface area contributed by atoms with Crippen molar-refractivity contribution in [3.63, 3.8) is 0 Å². The van der Waals surface area contributed by atoms with Gasteiger partial charge in [-0.25, -0.2) is 0 Å². The van der Waals surface area contributed by atoms with Crippen LogP contribution in [0.25, 0.3) is 0 Å². The van der Waals surface area contributed by atoms with Gasteiger partial charge in [-0.05, 0) is 42.0 Å². The van der Waals surface area contributed by atoms with Gasteiger partial charge in [-0.1, -0.05) is 30.3 Å². The predicted octanol–water partition coefficient (Wildman–Crippen LogP) is 3.83. The maximum atomic E-state index is 12.9. The van der Waals surface area contributed by atoms with Crippen LogP contribution in [-0.4, -0.2) is 17.6 Å².